The van der Waals surface area contributed by atoms with E-state index < -0.39 is 11.7 Å². The molecule has 0 heterocycles. The predicted octanol–water partition coefficient (Wildman–Crippen LogP) is 4.17. The van der Waals surface area contributed by atoms with Crippen molar-refractivity contribution in [2.75, 3.05) is 0 Å². The number of halogens is 3. The topological polar surface area (TPSA) is 0 Å². The van der Waals surface area contributed by atoms with Crippen LogP contribution < -0.4 is 4.46 Å². The van der Waals surface area contributed by atoms with Gasteiger partial charge in [-0.25, -0.2) is 0 Å². The summed E-state index contributed by atoms with van der Waals surface area (Å²) in [4.78, 5) is 0. The molecule has 0 N–H and O–H groups in total. The summed E-state index contributed by atoms with van der Waals surface area (Å²) < 4.78 is 39.0. The number of benzene rings is 2. The summed E-state index contributed by atoms with van der Waals surface area (Å²) in [6, 6.07) is 15.5. The average Bonchev–Trinajstić information content (AvgIpc) is 2.44. The first-order chi connectivity index (χ1) is 9.55. The van der Waals surface area contributed by atoms with Crippen LogP contribution in [-0.2, 0) is 6.18 Å². The molecule has 0 saturated carbocycles. The number of rotatable bonds is 4. The minimum atomic E-state index is -4.28. The fourth-order valence-corrected chi connectivity index (χ4v) is 3.20. The summed E-state index contributed by atoms with van der Waals surface area (Å²) in [6.07, 6.45) is -0.597. The van der Waals surface area contributed by atoms with Crippen LogP contribution in [0.5, 0.6) is 0 Å². The van der Waals surface area contributed by atoms with Crippen molar-refractivity contribution in [1.29, 1.82) is 0 Å². The van der Waals surface area contributed by atoms with Gasteiger partial charge in [0.1, 0.15) is 0 Å². The van der Waals surface area contributed by atoms with E-state index in [1.807, 2.05) is 24.3 Å². The third-order valence-corrected chi connectivity index (χ3v) is 4.64. The number of hydrogen-bond acceptors (Lipinski definition) is 0. The van der Waals surface area contributed by atoms with E-state index in [0.717, 1.165) is 11.4 Å². The van der Waals surface area contributed by atoms with Crippen LogP contribution in [0.25, 0.3) is 6.08 Å². The molecule has 0 atom stereocenters. The van der Waals surface area contributed by atoms with Crippen molar-refractivity contribution in [2.24, 2.45) is 0 Å². The summed E-state index contributed by atoms with van der Waals surface area (Å²) >= 11 is 0.319. The van der Waals surface area contributed by atoms with Crippen molar-refractivity contribution < 1.29 is 13.2 Å². The van der Waals surface area contributed by atoms with Crippen LogP contribution in [0.3, 0.4) is 0 Å². The summed E-state index contributed by atoms with van der Waals surface area (Å²) in [5.41, 5.74) is -0.0168. The summed E-state index contributed by atoms with van der Waals surface area (Å²) in [7, 11) is 0. The van der Waals surface area contributed by atoms with Crippen LogP contribution in [0.2, 0.25) is 5.32 Å². The van der Waals surface area contributed by atoms with E-state index in [-0.39, 0.29) is 0 Å². The summed E-state index contributed by atoms with van der Waals surface area (Å²) in [6.45, 7) is 0. The van der Waals surface area contributed by atoms with Gasteiger partial charge in [0.25, 0.3) is 0 Å². The van der Waals surface area contributed by atoms with Crippen LogP contribution in [0.1, 0.15) is 11.1 Å². The zero-order valence-electron chi connectivity index (χ0n) is 10.6. The second-order valence-corrected chi connectivity index (χ2v) is 6.44. The van der Waals surface area contributed by atoms with Gasteiger partial charge in [0.15, 0.2) is 0 Å². The third kappa shape index (κ3) is 4.55. The molecule has 0 aromatic heterocycles. The predicted molar refractivity (Wildman–Crippen MR) is 77.1 cm³/mol. The quantitative estimate of drug-likeness (QED) is 0.733. The molecule has 0 radical (unpaired) electrons. The molecule has 0 amide bonds. The first-order valence-electron chi connectivity index (χ1n) is 6.07. The Morgan fingerprint density at radius 3 is 2.40 bits per heavy atom. The first-order valence-corrected chi connectivity index (χ1v) is 8.14. The molecule has 0 fully saturated rings. The van der Waals surface area contributed by atoms with Gasteiger partial charge in [-0.15, -0.1) is 0 Å². The van der Waals surface area contributed by atoms with E-state index in [1.165, 1.54) is 16.6 Å². The molecule has 0 nitrogen and oxygen atoms in total. The molecule has 4 heteroatoms. The monoisotopic (exact) mass is 342 g/mol. The molecule has 0 unspecified atom stereocenters. The maximum absolute atomic E-state index is 12.6. The summed E-state index contributed by atoms with van der Waals surface area (Å²) in [5.74, 6) is 0. The van der Waals surface area contributed by atoms with Gasteiger partial charge < -0.3 is 0 Å². The Kier molecular flexibility index (Phi) is 5.05. The molecular weight excluding hydrogens is 328 g/mol. The van der Waals surface area contributed by atoms with Gasteiger partial charge in [-0.2, -0.15) is 0 Å². The van der Waals surface area contributed by atoms with Crippen molar-refractivity contribution in [3.63, 3.8) is 0 Å². The zero-order valence-corrected chi connectivity index (χ0v) is 12.3. The van der Waals surface area contributed by atoms with E-state index in [0.29, 0.717) is 20.5 Å². The van der Waals surface area contributed by atoms with Crippen molar-refractivity contribution in [3.05, 3.63) is 71.8 Å². The van der Waals surface area contributed by atoms with Crippen molar-refractivity contribution >= 4 is 25.5 Å². The van der Waals surface area contributed by atoms with Gasteiger partial charge in [-0.3, -0.25) is 0 Å². The molecule has 0 aliphatic rings. The number of allylic oxidation sites excluding steroid dienone is 1. The molecule has 0 aliphatic heterocycles. The molecule has 2 aromatic carbocycles. The third-order valence-electron chi connectivity index (χ3n) is 2.61. The Morgan fingerprint density at radius 2 is 1.70 bits per heavy atom. The van der Waals surface area contributed by atoms with Crippen LogP contribution in [-0.4, -0.2) is 15.0 Å². The molecule has 20 heavy (non-hydrogen) atoms. The molecule has 2 aromatic rings. The van der Waals surface area contributed by atoms with E-state index in [9.17, 15) is 13.2 Å². The SMILES string of the molecule is FC(F)(F)c1cccc(/C=C/C[Se]c2ccccc2)c1. The molecule has 104 valence electrons. The van der Waals surface area contributed by atoms with Gasteiger partial charge in [0.05, 0.1) is 0 Å². The van der Waals surface area contributed by atoms with E-state index >= 15 is 0 Å². The molecule has 0 spiro atoms. The van der Waals surface area contributed by atoms with Crippen molar-refractivity contribution in [1.82, 2.24) is 0 Å². The number of hydrogen-bond donors (Lipinski definition) is 0. The molecule has 0 bridgehead atoms. The van der Waals surface area contributed by atoms with E-state index in [4.69, 9.17) is 0 Å². The minimum absolute atomic E-state index is 0.319. The van der Waals surface area contributed by atoms with Crippen molar-refractivity contribution in [3.8, 4) is 0 Å². The van der Waals surface area contributed by atoms with Gasteiger partial charge in [-0.1, -0.05) is 0 Å². The van der Waals surface area contributed by atoms with Crippen LogP contribution >= 0.6 is 0 Å². The van der Waals surface area contributed by atoms with Crippen LogP contribution in [0, 0.1) is 0 Å². The average molecular weight is 341 g/mol. The fourth-order valence-electron chi connectivity index (χ4n) is 1.66. The fraction of sp³-hybridized carbons (Fsp3) is 0.125. The molecular formula is C16H13F3Se. The standard InChI is InChI=1S/C16H13F3Se/c17-16(18,19)14-8-4-6-13(12-14)7-5-11-20-15-9-2-1-3-10-15/h1-10,12H,11H2/b7-5+. The van der Waals surface area contributed by atoms with Gasteiger partial charge in [0.2, 0.25) is 0 Å². The first kappa shape index (κ1) is 14.9. The van der Waals surface area contributed by atoms with Gasteiger partial charge in [-0.05, 0) is 0 Å². The normalized spacial score (nSPS) is 11.9. The summed E-state index contributed by atoms with van der Waals surface area (Å²) in [5, 5.41) is 0.868. The molecule has 0 saturated heterocycles. The zero-order chi connectivity index (χ0) is 14.4. The van der Waals surface area contributed by atoms with Crippen LogP contribution in [0.4, 0.5) is 13.2 Å². The molecule has 2 rings (SSSR count). The maximum atomic E-state index is 12.6. The van der Waals surface area contributed by atoms with Crippen LogP contribution in [0.15, 0.2) is 60.7 Å². The van der Waals surface area contributed by atoms with Gasteiger partial charge in [0, 0.05) is 0 Å². The Morgan fingerprint density at radius 1 is 0.950 bits per heavy atom. The second kappa shape index (κ2) is 6.78. The Labute approximate surface area is 122 Å². The Hall–Kier alpha value is -1.51. The molecule has 0 aliphatic carbocycles. The second-order valence-electron chi connectivity index (χ2n) is 4.15. The Bertz CT molecular complexity index is 574. The number of alkyl halides is 3. The van der Waals surface area contributed by atoms with E-state index in [1.54, 1.807) is 12.1 Å². The van der Waals surface area contributed by atoms with E-state index in [2.05, 4.69) is 12.1 Å². The van der Waals surface area contributed by atoms with Crippen molar-refractivity contribution in [2.45, 2.75) is 11.5 Å². The Balaban J connectivity index is 1.95. The van der Waals surface area contributed by atoms with Gasteiger partial charge >= 0.3 is 122 Å².